The molecule has 1 saturated heterocycles. The summed E-state index contributed by atoms with van der Waals surface area (Å²) in [6, 6.07) is 9.95. The standard InChI is InChI=1S/C17H26N4O2/c1-3-20(13-15-7-5-4-6-8-15)16(22)11-19-17(18)21-9-10-23-14(2)12-21/h4-8,14H,3,9-13H2,1-2H3,(H2,18,19). The molecular weight excluding hydrogens is 292 g/mol. The van der Waals surface area contributed by atoms with Crippen molar-refractivity contribution in [2.24, 2.45) is 10.7 Å². The fraction of sp³-hybridized carbons (Fsp3) is 0.529. The van der Waals surface area contributed by atoms with Gasteiger partial charge in [-0.25, -0.2) is 4.99 Å². The van der Waals surface area contributed by atoms with E-state index in [0.29, 0.717) is 32.2 Å². The zero-order chi connectivity index (χ0) is 16.7. The van der Waals surface area contributed by atoms with E-state index in [-0.39, 0.29) is 18.6 Å². The van der Waals surface area contributed by atoms with Crippen LogP contribution in [0.5, 0.6) is 0 Å². The third-order valence-electron chi connectivity index (χ3n) is 3.89. The van der Waals surface area contributed by atoms with E-state index in [4.69, 9.17) is 10.5 Å². The Balaban J connectivity index is 1.89. The van der Waals surface area contributed by atoms with Crippen molar-refractivity contribution in [3.63, 3.8) is 0 Å². The Morgan fingerprint density at radius 3 is 2.83 bits per heavy atom. The van der Waals surface area contributed by atoms with Crippen molar-refractivity contribution < 1.29 is 9.53 Å². The number of carbonyl (C=O) groups excluding carboxylic acids is 1. The molecule has 1 aliphatic heterocycles. The van der Waals surface area contributed by atoms with Crippen LogP contribution in [0.4, 0.5) is 0 Å². The molecule has 0 spiro atoms. The molecule has 1 heterocycles. The van der Waals surface area contributed by atoms with Crippen molar-refractivity contribution in [2.45, 2.75) is 26.5 Å². The summed E-state index contributed by atoms with van der Waals surface area (Å²) in [7, 11) is 0. The molecule has 1 unspecified atom stereocenters. The molecule has 1 amide bonds. The van der Waals surface area contributed by atoms with Gasteiger partial charge in [0.25, 0.3) is 0 Å². The zero-order valence-corrected chi connectivity index (χ0v) is 13.9. The fourth-order valence-corrected chi connectivity index (χ4v) is 2.56. The van der Waals surface area contributed by atoms with Crippen LogP contribution in [-0.4, -0.2) is 60.6 Å². The van der Waals surface area contributed by atoms with E-state index in [1.807, 2.05) is 49.1 Å². The largest absolute Gasteiger partial charge is 0.375 e. The number of morpholine rings is 1. The maximum Gasteiger partial charge on any atom is 0.244 e. The van der Waals surface area contributed by atoms with Crippen LogP contribution in [0.15, 0.2) is 35.3 Å². The average molecular weight is 318 g/mol. The van der Waals surface area contributed by atoms with Gasteiger partial charge in [-0.3, -0.25) is 4.79 Å². The van der Waals surface area contributed by atoms with Crippen LogP contribution in [0.25, 0.3) is 0 Å². The number of guanidine groups is 1. The van der Waals surface area contributed by atoms with Crippen molar-refractivity contribution in [3.05, 3.63) is 35.9 Å². The van der Waals surface area contributed by atoms with Gasteiger partial charge in [0.1, 0.15) is 6.54 Å². The molecule has 6 nitrogen and oxygen atoms in total. The quantitative estimate of drug-likeness (QED) is 0.651. The molecule has 0 aromatic heterocycles. The second kappa shape index (κ2) is 8.53. The molecule has 6 heteroatoms. The lowest BCUT2D eigenvalue weighted by molar-refractivity contribution is -0.130. The Bertz CT molecular complexity index is 533. The van der Waals surface area contributed by atoms with Crippen LogP contribution >= 0.6 is 0 Å². The van der Waals surface area contributed by atoms with Gasteiger partial charge in [0, 0.05) is 26.2 Å². The number of aliphatic imine (C=N–C) groups is 1. The Kier molecular flexibility index (Phi) is 6.40. The first-order chi connectivity index (χ1) is 11.1. The van der Waals surface area contributed by atoms with Gasteiger partial charge in [-0.15, -0.1) is 0 Å². The van der Waals surface area contributed by atoms with Gasteiger partial charge < -0.3 is 20.3 Å². The van der Waals surface area contributed by atoms with Gasteiger partial charge in [-0.2, -0.15) is 0 Å². The van der Waals surface area contributed by atoms with Crippen molar-refractivity contribution in [2.75, 3.05) is 32.8 Å². The Morgan fingerprint density at radius 2 is 2.17 bits per heavy atom. The highest BCUT2D eigenvalue weighted by atomic mass is 16.5. The zero-order valence-electron chi connectivity index (χ0n) is 13.9. The highest BCUT2D eigenvalue weighted by Crippen LogP contribution is 2.06. The monoisotopic (exact) mass is 318 g/mol. The Morgan fingerprint density at radius 1 is 1.43 bits per heavy atom. The SMILES string of the molecule is CCN(Cc1ccccc1)C(=O)CN=C(N)N1CCOC(C)C1. The third kappa shape index (κ3) is 5.25. The first-order valence-corrected chi connectivity index (χ1v) is 8.08. The van der Waals surface area contributed by atoms with Gasteiger partial charge in [0.15, 0.2) is 5.96 Å². The molecular formula is C17H26N4O2. The highest BCUT2D eigenvalue weighted by Gasteiger charge is 2.19. The lowest BCUT2D eigenvalue weighted by Gasteiger charge is -2.31. The lowest BCUT2D eigenvalue weighted by atomic mass is 10.2. The number of ether oxygens (including phenoxy) is 1. The molecule has 0 saturated carbocycles. The van der Waals surface area contributed by atoms with Crippen LogP contribution in [0, 0.1) is 0 Å². The van der Waals surface area contributed by atoms with Crippen LogP contribution in [0.3, 0.4) is 0 Å². The minimum atomic E-state index is -0.0133. The number of hydrogen-bond acceptors (Lipinski definition) is 3. The number of amides is 1. The number of carbonyl (C=O) groups is 1. The van der Waals surface area contributed by atoms with E-state index in [1.54, 1.807) is 4.90 Å². The predicted octanol–water partition coefficient (Wildman–Crippen LogP) is 1.07. The molecule has 0 bridgehead atoms. The van der Waals surface area contributed by atoms with Gasteiger partial charge in [-0.1, -0.05) is 30.3 Å². The maximum absolute atomic E-state index is 12.4. The first-order valence-electron chi connectivity index (χ1n) is 8.08. The smallest absolute Gasteiger partial charge is 0.244 e. The summed E-state index contributed by atoms with van der Waals surface area (Å²) in [6.07, 6.45) is 0.137. The lowest BCUT2D eigenvalue weighted by Crippen LogP contribution is -2.48. The number of likely N-dealkylation sites (N-methyl/N-ethyl adjacent to an activating group) is 1. The summed E-state index contributed by atoms with van der Waals surface area (Å²) in [5.41, 5.74) is 7.12. The van der Waals surface area contributed by atoms with E-state index in [2.05, 4.69) is 4.99 Å². The summed E-state index contributed by atoms with van der Waals surface area (Å²) in [4.78, 5) is 20.4. The van der Waals surface area contributed by atoms with E-state index < -0.39 is 0 Å². The van der Waals surface area contributed by atoms with Crippen LogP contribution in [0.2, 0.25) is 0 Å². The summed E-state index contributed by atoms with van der Waals surface area (Å²) in [5, 5.41) is 0. The molecule has 2 N–H and O–H groups in total. The molecule has 1 aromatic carbocycles. The second-order valence-electron chi connectivity index (χ2n) is 5.70. The van der Waals surface area contributed by atoms with Gasteiger partial charge >= 0.3 is 0 Å². The molecule has 126 valence electrons. The van der Waals surface area contributed by atoms with Gasteiger partial charge in [0.05, 0.1) is 12.7 Å². The molecule has 0 aliphatic carbocycles. The summed E-state index contributed by atoms with van der Waals surface area (Å²) >= 11 is 0. The van der Waals surface area contributed by atoms with Crippen LogP contribution < -0.4 is 5.73 Å². The number of hydrogen-bond donors (Lipinski definition) is 1. The van der Waals surface area contributed by atoms with E-state index in [1.165, 1.54) is 0 Å². The number of nitrogens with zero attached hydrogens (tertiary/aromatic N) is 3. The van der Waals surface area contributed by atoms with Crippen molar-refractivity contribution in [3.8, 4) is 0 Å². The highest BCUT2D eigenvalue weighted by molar-refractivity contribution is 5.84. The topological polar surface area (TPSA) is 71.2 Å². The molecule has 1 fully saturated rings. The molecule has 0 radical (unpaired) electrons. The normalized spacial score (nSPS) is 18.8. The fourth-order valence-electron chi connectivity index (χ4n) is 2.56. The van der Waals surface area contributed by atoms with Crippen molar-refractivity contribution in [1.29, 1.82) is 0 Å². The summed E-state index contributed by atoms with van der Waals surface area (Å²) in [6.45, 7) is 7.37. The molecule has 23 heavy (non-hydrogen) atoms. The summed E-state index contributed by atoms with van der Waals surface area (Å²) < 4.78 is 5.48. The molecule has 2 rings (SSSR count). The second-order valence-corrected chi connectivity index (χ2v) is 5.70. The molecule has 1 aliphatic rings. The van der Waals surface area contributed by atoms with Gasteiger partial charge in [-0.05, 0) is 19.4 Å². The minimum Gasteiger partial charge on any atom is -0.375 e. The number of nitrogens with two attached hydrogens (primary N) is 1. The number of rotatable bonds is 5. The Labute approximate surface area is 137 Å². The molecule has 1 atom stereocenters. The third-order valence-corrected chi connectivity index (χ3v) is 3.89. The Hall–Kier alpha value is -2.08. The number of benzene rings is 1. The first kappa shape index (κ1) is 17.3. The van der Waals surface area contributed by atoms with Crippen LogP contribution in [0.1, 0.15) is 19.4 Å². The van der Waals surface area contributed by atoms with E-state index in [9.17, 15) is 4.79 Å². The molecule has 1 aromatic rings. The van der Waals surface area contributed by atoms with E-state index in [0.717, 1.165) is 12.1 Å². The van der Waals surface area contributed by atoms with E-state index >= 15 is 0 Å². The summed E-state index contributed by atoms with van der Waals surface area (Å²) in [5.74, 6) is 0.407. The average Bonchev–Trinajstić information content (AvgIpc) is 2.58. The predicted molar refractivity (Wildman–Crippen MR) is 91.0 cm³/mol. The van der Waals surface area contributed by atoms with Crippen molar-refractivity contribution >= 4 is 11.9 Å². The van der Waals surface area contributed by atoms with Crippen LogP contribution in [-0.2, 0) is 16.1 Å². The van der Waals surface area contributed by atoms with Crippen molar-refractivity contribution in [1.82, 2.24) is 9.80 Å². The minimum absolute atomic E-state index is 0.0133. The van der Waals surface area contributed by atoms with Gasteiger partial charge in [0.2, 0.25) is 5.91 Å². The maximum atomic E-state index is 12.4.